The minimum Gasteiger partial charge on any atom is -0.468 e. The van der Waals surface area contributed by atoms with Crippen molar-refractivity contribution in [1.29, 1.82) is 0 Å². The van der Waals surface area contributed by atoms with Crippen LogP contribution in [0.1, 0.15) is 37.5 Å². The Morgan fingerprint density at radius 1 is 1.29 bits per heavy atom. The van der Waals surface area contributed by atoms with Crippen molar-refractivity contribution in [1.82, 2.24) is 15.1 Å². The number of hydrogen-bond donors (Lipinski definition) is 1. The predicted molar refractivity (Wildman–Crippen MR) is 111 cm³/mol. The molecule has 2 aliphatic heterocycles. The monoisotopic (exact) mass is 392 g/mol. The number of aliphatic imine (C=N–C) groups is 1. The first-order valence-electron chi connectivity index (χ1n) is 10.6. The quantitative estimate of drug-likeness (QED) is 0.395. The summed E-state index contributed by atoms with van der Waals surface area (Å²) >= 11 is 0. The fraction of sp³-hybridized carbons (Fsp3) is 0.762. The summed E-state index contributed by atoms with van der Waals surface area (Å²) in [5.41, 5.74) is 0. The molecular formula is C21H36N4O3. The van der Waals surface area contributed by atoms with Crippen LogP contribution in [-0.4, -0.2) is 82.5 Å². The summed E-state index contributed by atoms with van der Waals surface area (Å²) in [5, 5.41) is 3.61. The van der Waals surface area contributed by atoms with Gasteiger partial charge in [0, 0.05) is 39.7 Å². The maximum atomic E-state index is 5.76. The number of methoxy groups -OCH3 is 1. The van der Waals surface area contributed by atoms with E-state index in [1.165, 1.54) is 19.3 Å². The number of piperidine rings is 1. The van der Waals surface area contributed by atoms with Crippen LogP contribution in [0.15, 0.2) is 27.8 Å². The van der Waals surface area contributed by atoms with Crippen LogP contribution >= 0.6 is 0 Å². The van der Waals surface area contributed by atoms with Crippen molar-refractivity contribution >= 4 is 5.96 Å². The summed E-state index contributed by atoms with van der Waals surface area (Å²) in [4.78, 5) is 9.42. The van der Waals surface area contributed by atoms with Gasteiger partial charge in [0.05, 0.1) is 32.1 Å². The van der Waals surface area contributed by atoms with Crippen molar-refractivity contribution in [3.63, 3.8) is 0 Å². The fourth-order valence-corrected chi connectivity index (χ4v) is 4.19. The molecule has 0 spiro atoms. The van der Waals surface area contributed by atoms with E-state index in [1.54, 1.807) is 13.4 Å². The van der Waals surface area contributed by atoms with Gasteiger partial charge in [-0.15, -0.1) is 0 Å². The van der Waals surface area contributed by atoms with Crippen molar-refractivity contribution in [3.05, 3.63) is 24.2 Å². The summed E-state index contributed by atoms with van der Waals surface area (Å²) in [7, 11) is 3.57. The highest BCUT2D eigenvalue weighted by Crippen LogP contribution is 2.25. The van der Waals surface area contributed by atoms with Crippen LogP contribution in [0.3, 0.4) is 0 Å². The van der Waals surface area contributed by atoms with Crippen LogP contribution in [-0.2, 0) is 9.47 Å². The van der Waals surface area contributed by atoms with Gasteiger partial charge in [-0.25, -0.2) is 0 Å². The zero-order valence-electron chi connectivity index (χ0n) is 17.4. The Kier molecular flexibility index (Phi) is 8.64. The highest BCUT2D eigenvalue weighted by molar-refractivity contribution is 5.80. The first-order chi connectivity index (χ1) is 13.8. The Morgan fingerprint density at radius 3 is 2.86 bits per heavy atom. The van der Waals surface area contributed by atoms with Gasteiger partial charge in [-0.05, 0) is 44.5 Å². The van der Waals surface area contributed by atoms with Gasteiger partial charge >= 0.3 is 0 Å². The molecule has 1 N–H and O–H groups in total. The third-order valence-electron chi connectivity index (χ3n) is 5.74. The first-order valence-corrected chi connectivity index (χ1v) is 10.6. The first kappa shape index (κ1) is 21.1. The zero-order chi connectivity index (χ0) is 19.6. The van der Waals surface area contributed by atoms with Gasteiger partial charge in [0.25, 0.3) is 0 Å². The second-order valence-electron chi connectivity index (χ2n) is 7.72. The molecule has 7 nitrogen and oxygen atoms in total. The Balaban J connectivity index is 1.50. The van der Waals surface area contributed by atoms with E-state index in [0.29, 0.717) is 19.1 Å². The van der Waals surface area contributed by atoms with Crippen molar-refractivity contribution in [2.24, 2.45) is 10.9 Å². The van der Waals surface area contributed by atoms with Crippen molar-refractivity contribution < 1.29 is 13.9 Å². The number of likely N-dealkylation sites (tertiary alicyclic amines) is 2. The molecule has 2 unspecified atom stereocenters. The van der Waals surface area contributed by atoms with E-state index in [0.717, 1.165) is 57.5 Å². The molecular weight excluding hydrogens is 356 g/mol. The molecule has 1 aromatic rings. The third kappa shape index (κ3) is 5.96. The Labute approximate surface area is 169 Å². The maximum absolute atomic E-state index is 5.76. The van der Waals surface area contributed by atoms with Crippen molar-refractivity contribution in [3.8, 4) is 0 Å². The summed E-state index contributed by atoms with van der Waals surface area (Å²) in [5.74, 6) is 2.57. The average molecular weight is 393 g/mol. The smallest absolute Gasteiger partial charge is 0.193 e. The SMILES string of the molecule is CN=C(NCC(c1ccco1)N1CCCCC1)N1CCC(COCCOC)C1. The molecule has 2 aliphatic rings. The highest BCUT2D eigenvalue weighted by Gasteiger charge is 2.28. The molecule has 0 amide bonds. The third-order valence-corrected chi connectivity index (χ3v) is 5.74. The molecule has 158 valence electrons. The molecule has 2 atom stereocenters. The van der Waals surface area contributed by atoms with E-state index in [-0.39, 0.29) is 6.04 Å². The molecule has 0 saturated carbocycles. The molecule has 2 fully saturated rings. The lowest BCUT2D eigenvalue weighted by molar-refractivity contribution is 0.0536. The number of furan rings is 1. The van der Waals surface area contributed by atoms with Gasteiger partial charge in [0.2, 0.25) is 0 Å². The second-order valence-corrected chi connectivity index (χ2v) is 7.72. The number of hydrogen-bond acceptors (Lipinski definition) is 5. The minimum absolute atomic E-state index is 0.253. The van der Waals surface area contributed by atoms with E-state index in [2.05, 4.69) is 26.2 Å². The molecule has 28 heavy (non-hydrogen) atoms. The number of nitrogens with one attached hydrogen (secondary N) is 1. The van der Waals surface area contributed by atoms with Crippen LogP contribution in [0.2, 0.25) is 0 Å². The Hall–Kier alpha value is -1.57. The van der Waals surface area contributed by atoms with Crippen LogP contribution in [0.5, 0.6) is 0 Å². The Bertz CT molecular complexity index is 572. The highest BCUT2D eigenvalue weighted by atomic mass is 16.5. The standard InChI is InChI=1S/C21H36N4O3/c1-22-21(25-11-8-18(16-25)17-27-14-13-26-2)23-15-19(20-7-6-12-28-20)24-9-4-3-5-10-24/h6-7,12,18-19H,3-5,8-11,13-17H2,1-2H3,(H,22,23). The zero-order valence-corrected chi connectivity index (χ0v) is 17.4. The molecule has 0 radical (unpaired) electrons. The minimum atomic E-state index is 0.253. The van der Waals surface area contributed by atoms with E-state index in [1.807, 2.05) is 13.1 Å². The lowest BCUT2D eigenvalue weighted by Crippen LogP contribution is -2.45. The summed E-state index contributed by atoms with van der Waals surface area (Å²) in [6.07, 6.45) is 6.78. The number of ether oxygens (including phenoxy) is 2. The van der Waals surface area contributed by atoms with Gasteiger partial charge in [-0.3, -0.25) is 9.89 Å². The van der Waals surface area contributed by atoms with Crippen LogP contribution in [0, 0.1) is 5.92 Å². The predicted octanol–water partition coefficient (Wildman–Crippen LogP) is 2.37. The van der Waals surface area contributed by atoms with Crippen molar-refractivity contribution in [2.45, 2.75) is 31.7 Å². The number of guanidine groups is 1. The molecule has 3 rings (SSSR count). The lowest BCUT2D eigenvalue weighted by atomic mass is 10.1. The average Bonchev–Trinajstić information content (AvgIpc) is 3.42. The van der Waals surface area contributed by atoms with Gasteiger partial charge in [-0.1, -0.05) is 6.42 Å². The molecule has 0 bridgehead atoms. The molecule has 3 heterocycles. The van der Waals surface area contributed by atoms with E-state index in [4.69, 9.17) is 13.9 Å². The number of rotatable bonds is 9. The largest absolute Gasteiger partial charge is 0.468 e. The molecule has 1 aromatic heterocycles. The summed E-state index contributed by atoms with van der Waals surface area (Å²) in [6, 6.07) is 4.32. The lowest BCUT2D eigenvalue weighted by Gasteiger charge is -2.34. The maximum Gasteiger partial charge on any atom is 0.193 e. The molecule has 2 saturated heterocycles. The van der Waals surface area contributed by atoms with Gasteiger partial charge in [0.1, 0.15) is 5.76 Å². The van der Waals surface area contributed by atoms with Crippen LogP contribution < -0.4 is 5.32 Å². The van der Waals surface area contributed by atoms with E-state index < -0.39 is 0 Å². The van der Waals surface area contributed by atoms with Crippen LogP contribution in [0.25, 0.3) is 0 Å². The summed E-state index contributed by atoms with van der Waals surface area (Å²) < 4.78 is 16.5. The van der Waals surface area contributed by atoms with Gasteiger partial charge in [-0.2, -0.15) is 0 Å². The summed E-state index contributed by atoms with van der Waals surface area (Å²) in [6.45, 7) is 7.21. The molecule has 0 aliphatic carbocycles. The Morgan fingerprint density at radius 2 is 2.14 bits per heavy atom. The van der Waals surface area contributed by atoms with Crippen LogP contribution in [0.4, 0.5) is 0 Å². The molecule has 7 heteroatoms. The fourth-order valence-electron chi connectivity index (χ4n) is 4.19. The topological polar surface area (TPSA) is 62.5 Å². The van der Waals surface area contributed by atoms with Gasteiger partial charge in [0.15, 0.2) is 5.96 Å². The second kappa shape index (κ2) is 11.4. The van der Waals surface area contributed by atoms with E-state index >= 15 is 0 Å². The van der Waals surface area contributed by atoms with Crippen molar-refractivity contribution in [2.75, 3.05) is 66.7 Å². The molecule has 0 aromatic carbocycles. The van der Waals surface area contributed by atoms with Gasteiger partial charge < -0.3 is 24.1 Å². The number of nitrogens with zero attached hydrogens (tertiary/aromatic N) is 3. The van der Waals surface area contributed by atoms with E-state index in [9.17, 15) is 0 Å². The normalized spacial score (nSPS) is 22.6.